The zero-order chi connectivity index (χ0) is 8.10. The minimum Gasteiger partial charge on any atom is -0.375 e. The van der Waals surface area contributed by atoms with Gasteiger partial charge in [0.2, 0.25) is 0 Å². The Hall–Kier alpha value is -0.430. The van der Waals surface area contributed by atoms with Crippen LogP contribution in [0.5, 0.6) is 0 Å². The molecule has 0 amide bonds. The van der Waals surface area contributed by atoms with E-state index in [-0.39, 0.29) is 5.50 Å². The third kappa shape index (κ3) is 3.47. The topological polar surface area (TPSA) is 12.0 Å². The highest BCUT2D eigenvalue weighted by atomic mass is 35.5. The number of hydrogen-bond acceptors (Lipinski definition) is 1. The molecule has 0 heterocycles. The van der Waals surface area contributed by atoms with E-state index in [4.69, 9.17) is 11.6 Å². The Balaban J connectivity index is 2.34. The van der Waals surface area contributed by atoms with E-state index in [0.29, 0.717) is 0 Å². The van der Waals surface area contributed by atoms with Crippen LogP contribution in [0.4, 0.5) is 0 Å². The van der Waals surface area contributed by atoms with Crippen LogP contribution >= 0.6 is 11.6 Å². The lowest BCUT2D eigenvalue weighted by Crippen LogP contribution is -2.13. The van der Waals surface area contributed by atoms with Crippen molar-refractivity contribution in [3.05, 3.63) is 23.9 Å². The van der Waals surface area contributed by atoms with E-state index in [1.165, 1.54) is 18.4 Å². The van der Waals surface area contributed by atoms with Gasteiger partial charge in [0.05, 0.1) is 5.50 Å². The Bertz CT molecular complexity index is 170. The molecule has 1 rings (SSSR count). The molecule has 0 saturated carbocycles. The Morgan fingerprint density at radius 2 is 2.45 bits per heavy atom. The molecule has 0 aromatic heterocycles. The lowest BCUT2D eigenvalue weighted by atomic mass is 10.0. The summed E-state index contributed by atoms with van der Waals surface area (Å²) in [5, 5.41) is 3.08. The normalized spacial score (nSPS) is 23.6. The molecule has 1 nitrogen and oxygen atoms in total. The summed E-state index contributed by atoms with van der Waals surface area (Å²) in [4.78, 5) is 0. The van der Waals surface area contributed by atoms with Crippen molar-refractivity contribution in [2.24, 2.45) is 0 Å². The summed E-state index contributed by atoms with van der Waals surface area (Å²) < 4.78 is 0. The molecule has 2 heteroatoms. The summed E-state index contributed by atoms with van der Waals surface area (Å²) in [6, 6.07) is 0. The van der Waals surface area contributed by atoms with Gasteiger partial charge in [-0.1, -0.05) is 29.3 Å². The third-order valence-electron chi connectivity index (χ3n) is 1.70. The van der Waals surface area contributed by atoms with Crippen molar-refractivity contribution in [1.82, 2.24) is 5.32 Å². The van der Waals surface area contributed by atoms with E-state index in [1.54, 1.807) is 0 Å². The van der Waals surface area contributed by atoms with E-state index < -0.39 is 0 Å². The molecule has 62 valence electrons. The van der Waals surface area contributed by atoms with Crippen LogP contribution < -0.4 is 5.32 Å². The van der Waals surface area contributed by atoms with Gasteiger partial charge in [-0.25, -0.2) is 0 Å². The third-order valence-corrected chi connectivity index (χ3v) is 1.82. The smallest absolute Gasteiger partial charge is 0.0979 e. The van der Waals surface area contributed by atoms with Crippen LogP contribution in [0.25, 0.3) is 0 Å². The van der Waals surface area contributed by atoms with Crippen LogP contribution in [0.1, 0.15) is 26.2 Å². The number of nitrogens with one attached hydrogen (secondary N) is 1. The molecule has 1 N–H and O–H groups in total. The maximum atomic E-state index is 5.72. The maximum Gasteiger partial charge on any atom is 0.0979 e. The summed E-state index contributed by atoms with van der Waals surface area (Å²) in [6.45, 7) is 1.93. The lowest BCUT2D eigenvalue weighted by molar-refractivity contribution is 0.804. The fraction of sp³-hybridized carbons (Fsp3) is 0.556. The van der Waals surface area contributed by atoms with Gasteiger partial charge in [-0.15, -0.1) is 0 Å². The highest BCUT2D eigenvalue weighted by Crippen LogP contribution is 2.15. The summed E-state index contributed by atoms with van der Waals surface area (Å²) in [6.07, 6.45) is 9.90. The first-order valence-corrected chi connectivity index (χ1v) is 4.45. The van der Waals surface area contributed by atoms with Crippen molar-refractivity contribution in [1.29, 1.82) is 0 Å². The van der Waals surface area contributed by atoms with E-state index in [1.807, 2.05) is 13.1 Å². The SMILES string of the molecule is CC(Cl)NC=C1CC=CCC1. The van der Waals surface area contributed by atoms with Crippen molar-refractivity contribution in [3.63, 3.8) is 0 Å². The van der Waals surface area contributed by atoms with Crippen LogP contribution in [0.3, 0.4) is 0 Å². The van der Waals surface area contributed by atoms with Crippen molar-refractivity contribution >= 4 is 11.6 Å². The second kappa shape index (κ2) is 4.45. The lowest BCUT2D eigenvalue weighted by Gasteiger charge is -2.09. The minimum absolute atomic E-state index is 0.0356. The first-order valence-electron chi connectivity index (χ1n) is 4.02. The molecular weight excluding hydrogens is 158 g/mol. The van der Waals surface area contributed by atoms with Gasteiger partial charge in [0.25, 0.3) is 0 Å². The maximum absolute atomic E-state index is 5.72. The summed E-state index contributed by atoms with van der Waals surface area (Å²) in [5.74, 6) is 0. The molecule has 0 spiro atoms. The second-order valence-electron chi connectivity index (χ2n) is 2.80. The Kier molecular flexibility index (Phi) is 3.50. The van der Waals surface area contributed by atoms with Crippen molar-refractivity contribution < 1.29 is 0 Å². The molecular formula is C9H14ClN. The fourth-order valence-corrected chi connectivity index (χ4v) is 1.15. The van der Waals surface area contributed by atoms with E-state index in [2.05, 4.69) is 17.5 Å². The number of halogens is 1. The molecule has 0 radical (unpaired) electrons. The second-order valence-corrected chi connectivity index (χ2v) is 3.45. The Labute approximate surface area is 73.1 Å². The van der Waals surface area contributed by atoms with Gasteiger partial charge in [0.1, 0.15) is 0 Å². The molecule has 1 aliphatic carbocycles. The predicted molar refractivity (Wildman–Crippen MR) is 49.5 cm³/mol. The number of alkyl halides is 1. The fourth-order valence-electron chi connectivity index (χ4n) is 1.09. The van der Waals surface area contributed by atoms with Gasteiger partial charge in [-0.3, -0.25) is 0 Å². The van der Waals surface area contributed by atoms with E-state index in [9.17, 15) is 0 Å². The number of hydrogen-bond donors (Lipinski definition) is 1. The molecule has 0 aliphatic heterocycles. The van der Waals surface area contributed by atoms with Crippen molar-refractivity contribution in [2.45, 2.75) is 31.7 Å². The molecule has 1 aliphatic rings. The van der Waals surface area contributed by atoms with Gasteiger partial charge in [0, 0.05) is 0 Å². The van der Waals surface area contributed by atoms with Crippen LogP contribution in [0, 0.1) is 0 Å². The molecule has 0 aromatic rings. The van der Waals surface area contributed by atoms with Crippen LogP contribution in [0.15, 0.2) is 23.9 Å². The van der Waals surface area contributed by atoms with E-state index >= 15 is 0 Å². The largest absolute Gasteiger partial charge is 0.375 e. The first kappa shape index (κ1) is 8.66. The molecule has 1 atom stereocenters. The molecule has 1 unspecified atom stereocenters. The average molecular weight is 172 g/mol. The standard InChI is InChI=1S/C9H14ClN/c1-8(10)11-7-9-5-3-2-4-6-9/h2-3,7-8,11H,4-6H2,1H3. The first-order chi connectivity index (χ1) is 5.29. The van der Waals surface area contributed by atoms with Gasteiger partial charge >= 0.3 is 0 Å². The van der Waals surface area contributed by atoms with Gasteiger partial charge in [-0.05, 0) is 32.4 Å². The predicted octanol–water partition coefficient (Wildman–Crippen LogP) is 2.78. The van der Waals surface area contributed by atoms with Crippen molar-refractivity contribution in [3.8, 4) is 0 Å². The molecule has 0 aromatic carbocycles. The summed E-state index contributed by atoms with van der Waals surface area (Å²) >= 11 is 5.72. The Morgan fingerprint density at radius 3 is 3.00 bits per heavy atom. The van der Waals surface area contributed by atoms with E-state index in [0.717, 1.165) is 6.42 Å². The van der Waals surface area contributed by atoms with Crippen molar-refractivity contribution in [2.75, 3.05) is 0 Å². The monoisotopic (exact) mass is 171 g/mol. The molecule has 0 bridgehead atoms. The molecule has 11 heavy (non-hydrogen) atoms. The highest BCUT2D eigenvalue weighted by molar-refractivity contribution is 6.20. The minimum atomic E-state index is 0.0356. The van der Waals surface area contributed by atoms with Gasteiger partial charge in [-0.2, -0.15) is 0 Å². The van der Waals surface area contributed by atoms with Crippen LogP contribution in [-0.2, 0) is 0 Å². The van der Waals surface area contributed by atoms with Crippen LogP contribution in [-0.4, -0.2) is 5.50 Å². The quantitative estimate of drug-likeness (QED) is 0.383. The van der Waals surface area contributed by atoms with Gasteiger partial charge in [0.15, 0.2) is 0 Å². The number of allylic oxidation sites excluding steroid dienone is 3. The zero-order valence-corrected chi connectivity index (χ0v) is 7.56. The highest BCUT2D eigenvalue weighted by Gasteiger charge is 1.99. The molecule has 0 fully saturated rings. The molecule has 0 saturated heterocycles. The zero-order valence-electron chi connectivity index (χ0n) is 6.81. The van der Waals surface area contributed by atoms with Crippen LogP contribution in [0.2, 0.25) is 0 Å². The summed E-state index contributed by atoms with van der Waals surface area (Å²) in [7, 11) is 0. The average Bonchev–Trinajstić information content (AvgIpc) is 2.03. The number of rotatable bonds is 2. The van der Waals surface area contributed by atoms with Gasteiger partial charge < -0.3 is 5.32 Å². The Morgan fingerprint density at radius 1 is 1.64 bits per heavy atom. The summed E-state index contributed by atoms with van der Waals surface area (Å²) in [5.41, 5.74) is 1.48.